The van der Waals surface area contributed by atoms with Crippen molar-refractivity contribution in [3.05, 3.63) is 70.2 Å². The van der Waals surface area contributed by atoms with Crippen molar-refractivity contribution in [3.63, 3.8) is 0 Å². The van der Waals surface area contributed by atoms with Crippen LogP contribution in [0.4, 0.5) is 0 Å². The van der Waals surface area contributed by atoms with E-state index in [1.54, 1.807) is 0 Å². The molecule has 0 spiro atoms. The van der Waals surface area contributed by atoms with Gasteiger partial charge < -0.3 is 5.32 Å². The van der Waals surface area contributed by atoms with Crippen LogP contribution in [0.25, 0.3) is 0 Å². The van der Waals surface area contributed by atoms with Crippen LogP contribution in [0.15, 0.2) is 48.5 Å². The Morgan fingerprint density at radius 1 is 0.762 bits per heavy atom. The number of rotatable bonds is 5. The predicted octanol–water partition coefficient (Wildman–Crippen LogP) is 5.88. The van der Waals surface area contributed by atoms with Crippen molar-refractivity contribution in [1.29, 1.82) is 0 Å². The largest absolute Gasteiger partial charge is 0.304 e. The molecule has 2 atom stereocenters. The molecule has 2 aromatic carbocycles. The number of hydrogen-bond donors (Lipinski definition) is 1. The SMILES string of the molecule is CC(C)c1ccc(C(C)NC(C)c2ccccc2Cl)cc1. The monoisotopic (exact) mass is 301 g/mol. The molecule has 0 saturated carbocycles. The van der Waals surface area contributed by atoms with Gasteiger partial charge in [0.1, 0.15) is 0 Å². The first kappa shape index (κ1) is 16.1. The molecule has 21 heavy (non-hydrogen) atoms. The molecular formula is C19H24ClN. The van der Waals surface area contributed by atoms with E-state index in [9.17, 15) is 0 Å². The third-order valence-corrected chi connectivity index (χ3v) is 4.32. The lowest BCUT2D eigenvalue weighted by atomic mass is 9.99. The molecule has 0 amide bonds. The van der Waals surface area contributed by atoms with Gasteiger partial charge in [0.2, 0.25) is 0 Å². The average Bonchev–Trinajstić information content (AvgIpc) is 2.47. The molecule has 2 aromatic rings. The molecular weight excluding hydrogens is 278 g/mol. The second-order valence-electron chi connectivity index (χ2n) is 5.95. The standard InChI is InChI=1S/C19H24ClN/c1-13(2)16-9-11-17(12-10-16)14(3)21-15(4)18-7-5-6-8-19(18)20/h5-15,21H,1-4H3. The molecule has 0 aliphatic carbocycles. The van der Waals surface area contributed by atoms with E-state index in [1.165, 1.54) is 11.1 Å². The van der Waals surface area contributed by atoms with E-state index in [-0.39, 0.29) is 12.1 Å². The number of benzene rings is 2. The van der Waals surface area contributed by atoms with E-state index in [4.69, 9.17) is 11.6 Å². The number of halogens is 1. The van der Waals surface area contributed by atoms with Crippen LogP contribution in [0.2, 0.25) is 5.02 Å². The molecule has 0 saturated heterocycles. The summed E-state index contributed by atoms with van der Waals surface area (Å²) in [5.74, 6) is 0.573. The topological polar surface area (TPSA) is 12.0 Å². The molecule has 1 nitrogen and oxygen atoms in total. The van der Waals surface area contributed by atoms with Gasteiger partial charge in [0.15, 0.2) is 0 Å². The molecule has 2 unspecified atom stereocenters. The zero-order valence-corrected chi connectivity index (χ0v) is 14.0. The molecule has 0 aliphatic heterocycles. The fraction of sp³-hybridized carbons (Fsp3) is 0.368. The highest BCUT2D eigenvalue weighted by molar-refractivity contribution is 6.31. The summed E-state index contributed by atoms with van der Waals surface area (Å²) in [5.41, 5.74) is 3.83. The lowest BCUT2D eigenvalue weighted by Crippen LogP contribution is -2.22. The van der Waals surface area contributed by atoms with Crippen LogP contribution in [0.3, 0.4) is 0 Å². The van der Waals surface area contributed by atoms with Crippen LogP contribution in [0.1, 0.15) is 62.4 Å². The molecule has 0 aromatic heterocycles. The summed E-state index contributed by atoms with van der Waals surface area (Å²) in [4.78, 5) is 0. The predicted molar refractivity (Wildman–Crippen MR) is 91.9 cm³/mol. The van der Waals surface area contributed by atoms with Crippen molar-refractivity contribution in [1.82, 2.24) is 5.32 Å². The van der Waals surface area contributed by atoms with Crippen molar-refractivity contribution in [2.24, 2.45) is 0 Å². The van der Waals surface area contributed by atoms with Gasteiger partial charge in [0.25, 0.3) is 0 Å². The lowest BCUT2D eigenvalue weighted by Gasteiger charge is -2.22. The molecule has 0 aliphatic rings. The summed E-state index contributed by atoms with van der Waals surface area (Å²) in [5, 5.41) is 4.44. The second-order valence-corrected chi connectivity index (χ2v) is 6.36. The Bertz CT molecular complexity index is 574. The molecule has 2 heteroatoms. The molecule has 0 bridgehead atoms. The first-order chi connectivity index (χ1) is 9.99. The summed E-state index contributed by atoms with van der Waals surface area (Å²) in [6, 6.07) is 17.4. The molecule has 0 radical (unpaired) electrons. The van der Waals surface area contributed by atoms with Crippen LogP contribution < -0.4 is 5.32 Å². The Kier molecular flexibility index (Phi) is 5.44. The Morgan fingerprint density at radius 3 is 1.90 bits per heavy atom. The zero-order chi connectivity index (χ0) is 15.4. The smallest absolute Gasteiger partial charge is 0.0453 e. The van der Waals surface area contributed by atoms with Crippen molar-refractivity contribution in [2.45, 2.75) is 45.7 Å². The Morgan fingerprint density at radius 2 is 1.33 bits per heavy atom. The minimum atomic E-state index is 0.221. The maximum Gasteiger partial charge on any atom is 0.0453 e. The summed E-state index contributed by atoms with van der Waals surface area (Å²) in [6.07, 6.45) is 0. The molecule has 112 valence electrons. The molecule has 0 fully saturated rings. The average molecular weight is 302 g/mol. The Hall–Kier alpha value is -1.31. The van der Waals surface area contributed by atoms with Crippen molar-refractivity contribution in [3.8, 4) is 0 Å². The van der Waals surface area contributed by atoms with Crippen LogP contribution in [0.5, 0.6) is 0 Å². The highest BCUT2D eigenvalue weighted by Crippen LogP contribution is 2.25. The third-order valence-electron chi connectivity index (χ3n) is 3.97. The molecule has 0 heterocycles. The fourth-order valence-corrected chi connectivity index (χ4v) is 2.86. The quantitative estimate of drug-likeness (QED) is 0.727. The Labute approximate surface area is 133 Å². The van der Waals surface area contributed by atoms with Crippen LogP contribution in [-0.2, 0) is 0 Å². The first-order valence-corrected chi connectivity index (χ1v) is 7.97. The first-order valence-electron chi connectivity index (χ1n) is 7.59. The second kappa shape index (κ2) is 7.11. The maximum absolute atomic E-state index is 6.26. The van der Waals surface area contributed by atoms with Crippen LogP contribution >= 0.6 is 11.6 Å². The highest BCUT2D eigenvalue weighted by Gasteiger charge is 2.13. The van der Waals surface area contributed by atoms with E-state index in [0.29, 0.717) is 5.92 Å². The molecule has 1 N–H and O–H groups in total. The van der Waals surface area contributed by atoms with E-state index in [0.717, 1.165) is 10.6 Å². The summed E-state index contributed by atoms with van der Waals surface area (Å²) < 4.78 is 0. The summed E-state index contributed by atoms with van der Waals surface area (Å²) in [7, 11) is 0. The van der Waals surface area contributed by atoms with Gasteiger partial charge in [-0.2, -0.15) is 0 Å². The lowest BCUT2D eigenvalue weighted by molar-refractivity contribution is 0.494. The minimum Gasteiger partial charge on any atom is -0.304 e. The normalized spacial score (nSPS) is 14.2. The van der Waals surface area contributed by atoms with Crippen molar-refractivity contribution < 1.29 is 0 Å². The van der Waals surface area contributed by atoms with Gasteiger partial charge >= 0.3 is 0 Å². The van der Waals surface area contributed by atoms with Gasteiger partial charge in [-0.25, -0.2) is 0 Å². The van der Waals surface area contributed by atoms with Gasteiger partial charge in [0, 0.05) is 17.1 Å². The van der Waals surface area contributed by atoms with Crippen LogP contribution in [0, 0.1) is 0 Å². The van der Waals surface area contributed by atoms with Gasteiger partial charge in [-0.3, -0.25) is 0 Å². The van der Waals surface area contributed by atoms with Crippen LogP contribution in [-0.4, -0.2) is 0 Å². The minimum absolute atomic E-state index is 0.221. The Balaban J connectivity index is 2.07. The number of hydrogen-bond acceptors (Lipinski definition) is 1. The number of nitrogens with one attached hydrogen (secondary N) is 1. The van der Waals surface area contributed by atoms with Crippen molar-refractivity contribution in [2.75, 3.05) is 0 Å². The highest BCUT2D eigenvalue weighted by atomic mass is 35.5. The van der Waals surface area contributed by atoms with E-state index in [1.807, 2.05) is 18.2 Å². The summed E-state index contributed by atoms with van der Waals surface area (Å²) >= 11 is 6.26. The van der Waals surface area contributed by atoms with E-state index < -0.39 is 0 Å². The van der Waals surface area contributed by atoms with E-state index >= 15 is 0 Å². The van der Waals surface area contributed by atoms with Gasteiger partial charge in [-0.1, -0.05) is 67.9 Å². The van der Waals surface area contributed by atoms with Gasteiger partial charge in [-0.05, 0) is 42.5 Å². The third kappa shape index (κ3) is 4.09. The van der Waals surface area contributed by atoms with Gasteiger partial charge in [0.05, 0.1) is 0 Å². The molecule has 2 rings (SSSR count). The summed E-state index contributed by atoms with van der Waals surface area (Å²) in [6.45, 7) is 8.78. The van der Waals surface area contributed by atoms with Gasteiger partial charge in [-0.15, -0.1) is 0 Å². The maximum atomic E-state index is 6.26. The zero-order valence-electron chi connectivity index (χ0n) is 13.2. The fourth-order valence-electron chi connectivity index (χ4n) is 2.56. The van der Waals surface area contributed by atoms with Crippen molar-refractivity contribution >= 4 is 11.6 Å². The van der Waals surface area contributed by atoms with E-state index in [2.05, 4.69) is 63.3 Å².